The smallest absolute Gasteiger partial charge is 0.132 e. The number of nitrogens with zero attached hydrogens (tertiary/aromatic N) is 4. The Bertz CT molecular complexity index is 613. The quantitative estimate of drug-likeness (QED) is 0.938. The zero-order valence-corrected chi connectivity index (χ0v) is 12.6. The molecule has 0 amide bonds. The molecule has 2 aromatic rings. The molecule has 0 saturated carbocycles. The van der Waals surface area contributed by atoms with Crippen LogP contribution in [0.15, 0.2) is 30.7 Å². The van der Waals surface area contributed by atoms with Gasteiger partial charge in [0.25, 0.3) is 0 Å². The summed E-state index contributed by atoms with van der Waals surface area (Å²) in [5.41, 5.74) is 2.37. The van der Waals surface area contributed by atoms with Crippen molar-refractivity contribution in [2.24, 2.45) is 0 Å². The molecule has 21 heavy (non-hydrogen) atoms. The van der Waals surface area contributed by atoms with Gasteiger partial charge in [-0.3, -0.25) is 0 Å². The number of hydrogen-bond donors (Lipinski definition) is 1. The molecule has 1 N–H and O–H groups in total. The van der Waals surface area contributed by atoms with Gasteiger partial charge in [0.05, 0.1) is 0 Å². The molecule has 3 rings (SSSR count). The third-order valence-corrected chi connectivity index (χ3v) is 4.05. The normalized spacial score (nSPS) is 18.6. The van der Waals surface area contributed by atoms with Crippen molar-refractivity contribution in [3.63, 3.8) is 0 Å². The van der Waals surface area contributed by atoms with E-state index in [-0.39, 0.29) is 0 Å². The molecule has 0 radical (unpaired) electrons. The van der Waals surface area contributed by atoms with Gasteiger partial charge in [-0.15, -0.1) is 0 Å². The van der Waals surface area contributed by atoms with E-state index in [4.69, 9.17) is 0 Å². The van der Waals surface area contributed by atoms with Gasteiger partial charge in [0.2, 0.25) is 0 Å². The maximum Gasteiger partial charge on any atom is 0.132 e. The molecule has 1 aliphatic rings. The summed E-state index contributed by atoms with van der Waals surface area (Å²) < 4.78 is 0. The largest absolute Gasteiger partial charge is 0.373 e. The van der Waals surface area contributed by atoms with Crippen molar-refractivity contribution in [2.75, 3.05) is 30.4 Å². The molecule has 1 fully saturated rings. The SMILES string of the molecule is CNc1cc([C@@H]2CCCN(c3cc(C)ncn3)C2)ccn1. The van der Waals surface area contributed by atoms with Crippen LogP contribution in [-0.2, 0) is 0 Å². The maximum absolute atomic E-state index is 4.42. The summed E-state index contributed by atoms with van der Waals surface area (Å²) in [5.74, 6) is 2.50. The average molecular weight is 283 g/mol. The van der Waals surface area contributed by atoms with E-state index in [1.165, 1.54) is 18.4 Å². The van der Waals surface area contributed by atoms with Crippen molar-refractivity contribution in [3.8, 4) is 0 Å². The highest BCUT2D eigenvalue weighted by atomic mass is 15.2. The second-order valence-electron chi connectivity index (χ2n) is 5.53. The summed E-state index contributed by atoms with van der Waals surface area (Å²) in [6.45, 7) is 4.08. The van der Waals surface area contributed by atoms with E-state index in [1.54, 1.807) is 6.33 Å². The lowest BCUT2D eigenvalue weighted by Gasteiger charge is -2.34. The van der Waals surface area contributed by atoms with Crippen LogP contribution < -0.4 is 10.2 Å². The van der Waals surface area contributed by atoms with Crippen LogP contribution in [0, 0.1) is 6.92 Å². The van der Waals surface area contributed by atoms with Crippen LogP contribution in [0.3, 0.4) is 0 Å². The van der Waals surface area contributed by atoms with Crippen LogP contribution in [0.2, 0.25) is 0 Å². The fourth-order valence-electron chi connectivity index (χ4n) is 2.91. The molecule has 1 saturated heterocycles. The second-order valence-corrected chi connectivity index (χ2v) is 5.53. The molecule has 0 bridgehead atoms. The third-order valence-electron chi connectivity index (χ3n) is 4.05. The van der Waals surface area contributed by atoms with Crippen molar-refractivity contribution in [2.45, 2.75) is 25.7 Å². The molecule has 0 aromatic carbocycles. The Kier molecular flexibility index (Phi) is 3.99. The highest BCUT2D eigenvalue weighted by Gasteiger charge is 2.22. The Balaban J connectivity index is 1.79. The number of hydrogen-bond acceptors (Lipinski definition) is 5. The molecule has 5 nitrogen and oxygen atoms in total. The highest BCUT2D eigenvalue weighted by molar-refractivity contribution is 5.42. The van der Waals surface area contributed by atoms with Crippen molar-refractivity contribution in [1.82, 2.24) is 15.0 Å². The van der Waals surface area contributed by atoms with Crippen molar-refractivity contribution < 1.29 is 0 Å². The summed E-state index contributed by atoms with van der Waals surface area (Å²) in [4.78, 5) is 15.3. The molecular weight excluding hydrogens is 262 g/mol. The number of pyridine rings is 1. The second kappa shape index (κ2) is 6.08. The molecule has 1 aliphatic heterocycles. The minimum Gasteiger partial charge on any atom is -0.373 e. The predicted molar refractivity (Wildman–Crippen MR) is 84.7 cm³/mol. The van der Waals surface area contributed by atoms with Crippen LogP contribution >= 0.6 is 0 Å². The number of rotatable bonds is 3. The topological polar surface area (TPSA) is 53.9 Å². The van der Waals surface area contributed by atoms with Crippen LogP contribution in [0.25, 0.3) is 0 Å². The first-order chi connectivity index (χ1) is 10.3. The number of piperidine rings is 1. The fourth-order valence-corrected chi connectivity index (χ4v) is 2.91. The Labute approximate surface area is 125 Å². The van der Waals surface area contributed by atoms with Crippen molar-refractivity contribution in [3.05, 3.63) is 42.0 Å². The first kappa shape index (κ1) is 13.8. The zero-order valence-electron chi connectivity index (χ0n) is 12.6. The summed E-state index contributed by atoms with van der Waals surface area (Å²) in [7, 11) is 1.91. The van der Waals surface area contributed by atoms with Crippen LogP contribution in [0.5, 0.6) is 0 Å². The van der Waals surface area contributed by atoms with E-state index < -0.39 is 0 Å². The molecule has 0 spiro atoms. The Morgan fingerprint density at radius 1 is 1.24 bits per heavy atom. The zero-order chi connectivity index (χ0) is 14.7. The number of aryl methyl sites for hydroxylation is 1. The molecule has 5 heteroatoms. The van der Waals surface area contributed by atoms with Gasteiger partial charge in [-0.1, -0.05) is 0 Å². The number of aromatic nitrogens is 3. The van der Waals surface area contributed by atoms with Crippen LogP contribution in [-0.4, -0.2) is 35.1 Å². The van der Waals surface area contributed by atoms with Gasteiger partial charge in [0.15, 0.2) is 0 Å². The fraction of sp³-hybridized carbons (Fsp3) is 0.438. The van der Waals surface area contributed by atoms with Gasteiger partial charge in [0, 0.05) is 44.0 Å². The van der Waals surface area contributed by atoms with Gasteiger partial charge >= 0.3 is 0 Å². The van der Waals surface area contributed by atoms with E-state index in [9.17, 15) is 0 Å². The summed E-state index contributed by atoms with van der Waals surface area (Å²) in [6.07, 6.45) is 5.94. The first-order valence-electron chi connectivity index (χ1n) is 7.43. The monoisotopic (exact) mass is 283 g/mol. The van der Waals surface area contributed by atoms with Gasteiger partial charge in [0.1, 0.15) is 18.0 Å². The molecular formula is C16H21N5. The number of nitrogens with one attached hydrogen (secondary N) is 1. The van der Waals surface area contributed by atoms with E-state index >= 15 is 0 Å². The first-order valence-corrected chi connectivity index (χ1v) is 7.43. The minimum atomic E-state index is 0.532. The van der Waals surface area contributed by atoms with E-state index in [0.717, 1.165) is 30.4 Å². The minimum absolute atomic E-state index is 0.532. The van der Waals surface area contributed by atoms with Gasteiger partial charge in [-0.2, -0.15) is 0 Å². The maximum atomic E-state index is 4.42. The lowest BCUT2D eigenvalue weighted by atomic mass is 9.91. The lowest BCUT2D eigenvalue weighted by Crippen LogP contribution is -2.35. The number of anilines is 2. The molecule has 0 unspecified atom stereocenters. The Morgan fingerprint density at radius 2 is 2.14 bits per heavy atom. The molecule has 2 aromatic heterocycles. The Hall–Kier alpha value is -2.17. The Morgan fingerprint density at radius 3 is 2.95 bits per heavy atom. The highest BCUT2D eigenvalue weighted by Crippen LogP contribution is 2.29. The van der Waals surface area contributed by atoms with E-state index in [0.29, 0.717) is 5.92 Å². The average Bonchev–Trinajstić information content (AvgIpc) is 2.55. The molecule has 1 atom stereocenters. The molecule has 3 heterocycles. The standard InChI is InChI=1S/C16H21N5/c1-12-8-16(20-11-19-12)21-7-3-4-14(10-21)13-5-6-18-15(9-13)17-2/h5-6,8-9,11,14H,3-4,7,10H2,1-2H3,(H,17,18)/t14-/m1/s1. The third kappa shape index (κ3) is 3.12. The summed E-state index contributed by atoms with van der Waals surface area (Å²) in [5, 5.41) is 3.11. The lowest BCUT2D eigenvalue weighted by molar-refractivity contribution is 0.506. The van der Waals surface area contributed by atoms with Gasteiger partial charge in [-0.05, 0) is 37.5 Å². The summed E-state index contributed by atoms with van der Waals surface area (Å²) in [6, 6.07) is 6.34. The van der Waals surface area contributed by atoms with Gasteiger partial charge < -0.3 is 10.2 Å². The van der Waals surface area contributed by atoms with Crippen molar-refractivity contribution in [1.29, 1.82) is 0 Å². The predicted octanol–water partition coefficient (Wildman–Crippen LogP) is 2.61. The molecule has 110 valence electrons. The van der Waals surface area contributed by atoms with Crippen molar-refractivity contribution >= 4 is 11.6 Å². The summed E-state index contributed by atoms with van der Waals surface area (Å²) >= 11 is 0. The van der Waals surface area contributed by atoms with E-state index in [2.05, 4.69) is 43.4 Å². The molecule has 0 aliphatic carbocycles. The van der Waals surface area contributed by atoms with Crippen LogP contribution in [0.4, 0.5) is 11.6 Å². The van der Waals surface area contributed by atoms with Crippen LogP contribution in [0.1, 0.15) is 30.0 Å². The van der Waals surface area contributed by atoms with E-state index in [1.807, 2.05) is 20.2 Å². The van der Waals surface area contributed by atoms with Gasteiger partial charge in [-0.25, -0.2) is 15.0 Å².